The van der Waals surface area contributed by atoms with Gasteiger partial charge < -0.3 is 14.0 Å². The molecule has 1 aromatic heterocycles. The van der Waals surface area contributed by atoms with E-state index in [1.807, 2.05) is 0 Å². The van der Waals surface area contributed by atoms with E-state index in [-0.39, 0.29) is 34.4 Å². The van der Waals surface area contributed by atoms with Crippen LogP contribution in [0.2, 0.25) is 0 Å². The number of hydrogen-bond donors (Lipinski definition) is 1. The number of methoxy groups -OCH3 is 1. The molecule has 0 atom stereocenters. The molecule has 1 N–H and O–H groups in total. The van der Waals surface area contributed by atoms with Crippen LogP contribution >= 0.6 is 0 Å². The van der Waals surface area contributed by atoms with Crippen molar-refractivity contribution in [2.75, 3.05) is 18.4 Å². The molecule has 0 unspecified atom stereocenters. The van der Waals surface area contributed by atoms with Crippen molar-refractivity contribution in [3.63, 3.8) is 0 Å². The van der Waals surface area contributed by atoms with Crippen LogP contribution in [0.25, 0.3) is 11.3 Å². The Morgan fingerprint density at radius 3 is 2.63 bits per heavy atom. The summed E-state index contributed by atoms with van der Waals surface area (Å²) in [6.07, 6.45) is 0. The predicted octanol–water partition coefficient (Wildman–Crippen LogP) is 3.78. The summed E-state index contributed by atoms with van der Waals surface area (Å²) in [7, 11) is -2.75. The number of ether oxygens (including phenoxy) is 2. The van der Waals surface area contributed by atoms with Crippen molar-refractivity contribution in [3.05, 3.63) is 59.5 Å². The Kier molecular flexibility index (Phi) is 6.06. The van der Waals surface area contributed by atoms with Crippen LogP contribution in [-0.4, -0.2) is 33.3 Å². The van der Waals surface area contributed by atoms with E-state index in [4.69, 9.17) is 14.0 Å². The van der Waals surface area contributed by atoms with E-state index in [1.54, 1.807) is 19.9 Å². The summed E-state index contributed by atoms with van der Waals surface area (Å²) in [5.74, 6) is -0.855. The molecule has 0 radical (unpaired) electrons. The molecule has 0 fully saturated rings. The summed E-state index contributed by atoms with van der Waals surface area (Å²) in [4.78, 5) is 11.6. The zero-order chi connectivity index (χ0) is 21.9. The second kappa shape index (κ2) is 8.54. The highest BCUT2D eigenvalue weighted by molar-refractivity contribution is 7.92. The lowest BCUT2D eigenvalue weighted by Crippen LogP contribution is -2.15. The van der Waals surface area contributed by atoms with Crippen molar-refractivity contribution in [2.45, 2.75) is 18.7 Å². The standard InChI is InChI=1S/C20H19FN2O6S/c1-4-28-20(24)16-11-18(29-22-16)13-5-8-17(27-3)19(10-13)30(25,26)23-15-7-6-14(21)9-12(15)2/h5-11,23H,4H2,1-3H3. The number of aryl methyl sites for hydroxylation is 1. The van der Waals surface area contributed by atoms with E-state index >= 15 is 0 Å². The molecule has 0 saturated heterocycles. The number of sulfonamides is 1. The van der Waals surface area contributed by atoms with Crippen LogP contribution in [-0.2, 0) is 14.8 Å². The minimum atomic E-state index is -4.09. The van der Waals surface area contributed by atoms with Crippen molar-refractivity contribution < 1.29 is 31.6 Å². The van der Waals surface area contributed by atoms with Crippen LogP contribution in [0.5, 0.6) is 5.75 Å². The van der Waals surface area contributed by atoms with Gasteiger partial charge >= 0.3 is 5.97 Å². The first-order chi connectivity index (χ1) is 14.2. The predicted molar refractivity (Wildman–Crippen MR) is 106 cm³/mol. The van der Waals surface area contributed by atoms with Gasteiger partial charge in [0, 0.05) is 11.6 Å². The Morgan fingerprint density at radius 1 is 1.20 bits per heavy atom. The van der Waals surface area contributed by atoms with Crippen molar-refractivity contribution in [3.8, 4) is 17.1 Å². The molecule has 0 aliphatic carbocycles. The molecule has 3 rings (SSSR count). The Labute approximate surface area is 172 Å². The van der Waals surface area contributed by atoms with Crippen molar-refractivity contribution in [1.82, 2.24) is 5.16 Å². The molecule has 10 heteroatoms. The van der Waals surface area contributed by atoms with Crippen LogP contribution in [0.1, 0.15) is 23.0 Å². The number of anilines is 1. The van der Waals surface area contributed by atoms with E-state index in [9.17, 15) is 17.6 Å². The molecule has 8 nitrogen and oxygen atoms in total. The van der Waals surface area contributed by atoms with Gasteiger partial charge in [-0.25, -0.2) is 17.6 Å². The van der Waals surface area contributed by atoms with Crippen LogP contribution in [0.4, 0.5) is 10.1 Å². The molecule has 0 aliphatic heterocycles. The van der Waals surface area contributed by atoms with Crippen LogP contribution in [0.3, 0.4) is 0 Å². The zero-order valence-corrected chi connectivity index (χ0v) is 17.2. The van der Waals surface area contributed by atoms with Gasteiger partial charge in [-0.1, -0.05) is 5.16 Å². The number of esters is 1. The van der Waals surface area contributed by atoms with Crippen molar-refractivity contribution in [1.29, 1.82) is 0 Å². The molecule has 0 amide bonds. The van der Waals surface area contributed by atoms with Crippen LogP contribution < -0.4 is 9.46 Å². The van der Waals surface area contributed by atoms with E-state index in [1.165, 1.54) is 37.4 Å². The molecule has 1 heterocycles. The van der Waals surface area contributed by atoms with Crippen LogP contribution in [0.15, 0.2) is 51.9 Å². The average Bonchev–Trinajstić information content (AvgIpc) is 3.20. The molecule has 30 heavy (non-hydrogen) atoms. The third kappa shape index (κ3) is 4.43. The highest BCUT2D eigenvalue weighted by Crippen LogP contribution is 2.32. The summed E-state index contributed by atoms with van der Waals surface area (Å²) in [6, 6.07) is 9.41. The number of halogens is 1. The Morgan fingerprint density at radius 2 is 1.97 bits per heavy atom. The largest absolute Gasteiger partial charge is 0.495 e. The Balaban J connectivity index is 1.99. The van der Waals surface area contributed by atoms with Gasteiger partial charge in [0.25, 0.3) is 10.0 Å². The summed E-state index contributed by atoms with van der Waals surface area (Å²) >= 11 is 0. The van der Waals surface area contributed by atoms with Crippen molar-refractivity contribution in [2.24, 2.45) is 0 Å². The number of hydrogen-bond acceptors (Lipinski definition) is 7. The lowest BCUT2D eigenvalue weighted by Gasteiger charge is -2.14. The molecule has 158 valence electrons. The lowest BCUT2D eigenvalue weighted by molar-refractivity contribution is 0.0514. The Bertz CT molecular complexity index is 1190. The van der Waals surface area contributed by atoms with Gasteiger partial charge in [-0.05, 0) is 55.8 Å². The molecule has 0 bridgehead atoms. The van der Waals surface area contributed by atoms with Gasteiger partial charge in [0.15, 0.2) is 11.5 Å². The van der Waals surface area contributed by atoms with Gasteiger partial charge in [0.2, 0.25) is 0 Å². The number of carbonyl (C=O) groups excluding carboxylic acids is 1. The zero-order valence-electron chi connectivity index (χ0n) is 16.4. The number of aromatic nitrogens is 1. The first-order valence-corrected chi connectivity index (χ1v) is 10.3. The fourth-order valence-electron chi connectivity index (χ4n) is 2.69. The number of rotatable bonds is 7. The fourth-order valence-corrected chi connectivity index (χ4v) is 4.02. The smallest absolute Gasteiger partial charge is 0.360 e. The average molecular weight is 434 g/mol. The molecular formula is C20H19FN2O6S. The minimum Gasteiger partial charge on any atom is -0.495 e. The second-order valence-corrected chi connectivity index (χ2v) is 7.88. The summed E-state index contributed by atoms with van der Waals surface area (Å²) in [5.41, 5.74) is 0.971. The summed E-state index contributed by atoms with van der Waals surface area (Å²) in [5, 5.41) is 3.65. The number of nitrogens with one attached hydrogen (secondary N) is 1. The number of benzene rings is 2. The van der Waals surface area contributed by atoms with E-state index in [0.717, 1.165) is 6.07 Å². The minimum absolute atomic E-state index is 0.0351. The quantitative estimate of drug-likeness (QED) is 0.564. The van der Waals surface area contributed by atoms with Gasteiger partial charge in [-0.3, -0.25) is 4.72 Å². The molecule has 0 spiro atoms. The van der Waals surface area contributed by atoms with Crippen LogP contribution in [0, 0.1) is 12.7 Å². The molecule has 0 aliphatic rings. The van der Waals surface area contributed by atoms with Gasteiger partial charge in [-0.15, -0.1) is 0 Å². The van der Waals surface area contributed by atoms with E-state index in [0.29, 0.717) is 11.1 Å². The highest BCUT2D eigenvalue weighted by atomic mass is 32.2. The monoisotopic (exact) mass is 434 g/mol. The van der Waals surface area contributed by atoms with E-state index in [2.05, 4.69) is 9.88 Å². The normalized spacial score (nSPS) is 11.2. The van der Waals surface area contributed by atoms with Gasteiger partial charge in [0.05, 0.1) is 19.4 Å². The number of carbonyl (C=O) groups is 1. The number of nitrogens with zero attached hydrogens (tertiary/aromatic N) is 1. The third-order valence-corrected chi connectivity index (χ3v) is 5.55. The lowest BCUT2D eigenvalue weighted by atomic mass is 10.1. The summed E-state index contributed by atoms with van der Waals surface area (Å²) in [6.45, 7) is 3.43. The molecule has 2 aromatic carbocycles. The maximum atomic E-state index is 13.3. The summed E-state index contributed by atoms with van der Waals surface area (Å²) < 4.78 is 57.0. The van der Waals surface area contributed by atoms with E-state index < -0.39 is 21.8 Å². The topological polar surface area (TPSA) is 108 Å². The highest BCUT2D eigenvalue weighted by Gasteiger charge is 2.23. The third-order valence-electron chi connectivity index (χ3n) is 4.17. The molecule has 0 saturated carbocycles. The maximum Gasteiger partial charge on any atom is 0.360 e. The second-order valence-electron chi connectivity index (χ2n) is 6.23. The SMILES string of the molecule is CCOC(=O)c1cc(-c2ccc(OC)c(S(=O)(=O)Nc3ccc(F)cc3C)c2)on1. The van der Waals surface area contributed by atoms with Crippen molar-refractivity contribution >= 4 is 21.7 Å². The molecule has 3 aromatic rings. The maximum absolute atomic E-state index is 13.3. The molecular weight excluding hydrogens is 415 g/mol. The van der Waals surface area contributed by atoms with Gasteiger partial charge in [0.1, 0.15) is 16.5 Å². The Hall–Kier alpha value is -3.40. The fraction of sp³-hybridized carbons (Fsp3) is 0.200. The van der Waals surface area contributed by atoms with Gasteiger partial charge in [-0.2, -0.15) is 0 Å². The first-order valence-electron chi connectivity index (χ1n) is 8.86. The first kappa shape index (κ1) is 21.3.